The van der Waals surface area contributed by atoms with Gasteiger partial charge in [-0.05, 0) is 19.1 Å². The second-order valence-electron chi connectivity index (χ2n) is 3.33. The van der Waals surface area contributed by atoms with Gasteiger partial charge in [0, 0.05) is 29.2 Å². The van der Waals surface area contributed by atoms with E-state index >= 15 is 0 Å². The van der Waals surface area contributed by atoms with Crippen LogP contribution in [0.4, 0.5) is 5.69 Å². The van der Waals surface area contributed by atoms with Crippen molar-refractivity contribution in [3.05, 3.63) is 35.6 Å². The first-order valence-electron chi connectivity index (χ1n) is 4.99. The van der Waals surface area contributed by atoms with E-state index in [1.54, 1.807) is 35.9 Å². The second kappa shape index (κ2) is 5.79. The molecule has 4 nitrogen and oxygen atoms in total. The Bertz CT molecular complexity index is 498. The number of carbonyl (C=O) groups excluding carboxylic acids is 1. The summed E-state index contributed by atoms with van der Waals surface area (Å²) >= 11 is 3.01. The molecule has 0 aliphatic rings. The SMILES string of the molecule is Cc1csc(SCC(=O)Nc2ccncc2)n1. The zero-order valence-corrected chi connectivity index (χ0v) is 10.8. The molecule has 0 atom stereocenters. The molecule has 2 aromatic rings. The number of hydrogen-bond donors (Lipinski definition) is 1. The van der Waals surface area contributed by atoms with E-state index in [1.165, 1.54) is 11.8 Å². The highest BCUT2D eigenvalue weighted by atomic mass is 32.2. The van der Waals surface area contributed by atoms with Gasteiger partial charge in [-0.2, -0.15) is 0 Å². The van der Waals surface area contributed by atoms with Crippen LogP contribution in [0.2, 0.25) is 0 Å². The zero-order chi connectivity index (χ0) is 12.1. The van der Waals surface area contributed by atoms with Gasteiger partial charge in [-0.3, -0.25) is 9.78 Å². The lowest BCUT2D eigenvalue weighted by atomic mass is 10.4. The van der Waals surface area contributed by atoms with E-state index in [0.717, 1.165) is 15.7 Å². The van der Waals surface area contributed by atoms with Gasteiger partial charge in [0.15, 0.2) is 4.34 Å². The standard InChI is InChI=1S/C11H11N3OS2/c1-8-6-16-11(13-8)17-7-10(15)14-9-2-4-12-5-3-9/h2-6H,7H2,1H3,(H,12,14,15). The first-order chi connectivity index (χ1) is 8.24. The number of thiazole rings is 1. The van der Waals surface area contributed by atoms with Crippen molar-refractivity contribution in [2.75, 3.05) is 11.1 Å². The van der Waals surface area contributed by atoms with E-state index in [-0.39, 0.29) is 5.91 Å². The third-order valence-corrected chi connectivity index (χ3v) is 4.03. The molecule has 0 spiro atoms. The lowest BCUT2D eigenvalue weighted by Crippen LogP contribution is -2.13. The highest BCUT2D eigenvalue weighted by molar-refractivity contribution is 8.01. The monoisotopic (exact) mass is 265 g/mol. The molecule has 0 radical (unpaired) electrons. The summed E-state index contributed by atoms with van der Waals surface area (Å²) in [6.07, 6.45) is 3.29. The summed E-state index contributed by atoms with van der Waals surface area (Å²) in [4.78, 5) is 19.8. The third kappa shape index (κ3) is 3.83. The number of nitrogens with one attached hydrogen (secondary N) is 1. The quantitative estimate of drug-likeness (QED) is 0.863. The van der Waals surface area contributed by atoms with Crippen molar-refractivity contribution in [1.82, 2.24) is 9.97 Å². The van der Waals surface area contributed by atoms with Gasteiger partial charge in [0.05, 0.1) is 5.75 Å². The Morgan fingerprint density at radius 1 is 1.47 bits per heavy atom. The van der Waals surface area contributed by atoms with Crippen LogP contribution in [0.25, 0.3) is 0 Å². The van der Waals surface area contributed by atoms with E-state index in [0.29, 0.717) is 5.75 Å². The van der Waals surface area contributed by atoms with Crippen LogP contribution in [0.3, 0.4) is 0 Å². The fraction of sp³-hybridized carbons (Fsp3) is 0.182. The van der Waals surface area contributed by atoms with Crippen LogP contribution in [0.1, 0.15) is 5.69 Å². The Labute approximate surface area is 107 Å². The maximum absolute atomic E-state index is 11.6. The Kier molecular flexibility index (Phi) is 4.11. The minimum absolute atomic E-state index is 0.0333. The van der Waals surface area contributed by atoms with Gasteiger partial charge in [-0.1, -0.05) is 11.8 Å². The Balaban J connectivity index is 1.82. The topological polar surface area (TPSA) is 54.9 Å². The number of aryl methyl sites for hydroxylation is 1. The van der Waals surface area contributed by atoms with Crippen molar-refractivity contribution in [3.63, 3.8) is 0 Å². The molecular formula is C11H11N3OS2. The first kappa shape index (κ1) is 12.1. The molecule has 0 aliphatic carbocycles. The number of hydrogen-bond acceptors (Lipinski definition) is 5. The summed E-state index contributed by atoms with van der Waals surface area (Å²) in [5, 5.41) is 4.77. The van der Waals surface area contributed by atoms with Crippen molar-refractivity contribution in [3.8, 4) is 0 Å². The molecule has 2 heterocycles. The van der Waals surface area contributed by atoms with E-state index in [4.69, 9.17) is 0 Å². The van der Waals surface area contributed by atoms with Gasteiger partial charge in [-0.15, -0.1) is 11.3 Å². The Morgan fingerprint density at radius 2 is 2.24 bits per heavy atom. The maximum Gasteiger partial charge on any atom is 0.234 e. The highest BCUT2D eigenvalue weighted by Crippen LogP contribution is 2.22. The summed E-state index contributed by atoms with van der Waals surface area (Å²) in [6, 6.07) is 3.52. The molecular weight excluding hydrogens is 254 g/mol. The normalized spacial score (nSPS) is 10.2. The van der Waals surface area contributed by atoms with E-state index in [1.807, 2.05) is 12.3 Å². The predicted octanol–water partition coefficient (Wildman–Crippen LogP) is 2.58. The van der Waals surface area contributed by atoms with Crippen LogP contribution in [-0.4, -0.2) is 21.6 Å². The van der Waals surface area contributed by atoms with E-state index < -0.39 is 0 Å². The van der Waals surface area contributed by atoms with Crippen molar-refractivity contribution >= 4 is 34.7 Å². The molecule has 0 aliphatic heterocycles. The molecule has 0 saturated carbocycles. The van der Waals surface area contributed by atoms with Crippen molar-refractivity contribution in [1.29, 1.82) is 0 Å². The maximum atomic E-state index is 11.6. The molecule has 0 fully saturated rings. The van der Waals surface area contributed by atoms with Gasteiger partial charge in [0.1, 0.15) is 0 Å². The van der Waals surface area contributed by atoms with Crippen LogP contribution in [0.15, 0.2) is 34.2 Å². The molecule has 1 amide bonds. The van der Waals surface area contributed by atoms with Crippen molar-refractivity contribution < 1.29 is 4.79 Å². The molecule has 88 valence electrons. The van der Waals surface area contributed by atoms with E-state index in [9.17, 15) is 4.79 Å². The number of amides is 1. The van der Waals surface area contributed by atoms with E-state index in [2.05, 4.69) is 15.3 Å². The highest BCUT2D eigenvalue weighted by Gasteiger charge is 2.05. The number of pyridine rings is 1. The summed E-state index contributed by atoms with van der Waals surface area (Å²) in [5.74, 6) is 0.337. The van der Waals surface area contributed by atoms with Crippen molar-refractivity contribution in [2.45, 2.75) is 11.3 Å². The number of rotatable bonds is 4. The summed E-state index contributed by atoms with van der Waals surface area (Å²) < 4.78 is 0.923. The summed E-state index contributed by atoms with van der Waals surface area (Å²) in [5.41, 5.74) is 1.76. The van der Waals surface area contributed by atoms with Crippen LogP contribution < -0.4 is 5.32 Å². The lowest BCUT2D eigenvalue weighted by molar-refractivity contribution is -0.113. The smallest absolute Gasteiger partial charge is 0.234 e. The second-order valence-corrected chi connectivity index (χ2v) is 5.41. The molecule has 0 aromatic carbocycles. The van der Waals surface area contributed by atoms with Crippen LogP contribution in [0.5, 0.6) is 0 Å². The molecule has 17 heavy (non-hydrogen) atoms. The predicted molar refractivity (Wildman–Crippen MR) is 70.4 cm³/mol. The zero-order valence-electron chi connectivity index (χ0n) is 9.21. The number of aromatic nitrogens is 2. The van der Waals surface area contributed by atoms with Gasteiger partial charge in [0.25, 0.3) is 0 Å². The lowest BCUT2D eigenvalue weighted by Gasteiger charge is -2.02. The number of anilines is 1. The fourth-order valence-electron chi connectivity index (χ4n) is 1.16. The molecule has 0 saturated heterocycles. The van der Waals surface area contributed by atoms with Gasteiger partial charge < -0.3 is 5.32 Å². The summed E-state index contributed by atoms with van der Waals surface area (Å²) in [7, 11) is 0. The molecule has 2 aromatic heterocycles. The molecule has 6 heteroatoms. The van der Waals surface area contributed by atoms with Gasteiger partial charge in [-0.25, -0.2) is 4.98 Å². The van der Waals surface area contributed by atoms with Crippen molar-refractivity contribution in [2.24, 2.45) is 0 Å². The molecule has 2 rings (SSSR count). The summed E-state index contributed by atoms with van der Waals surface area (Å²) in [6.45, 7) is 1.94. The van der Waals surface area contributed by atoms with Crippen LogP contribution in [-0.2, 0) is 4.79 Å². The number of nitrogens with zero attached hydrogens (tertiary/aromatic N) is 2. The molecule has 0 bridgehead atoms. The van der Waals surface area contributed by atoms with Crippen LogP contribution in [0, 0.1) is 6.92 Å². The largest absolute Gasteiger partial charge is 0.325 e. The minimum Gasteiger partial charge on any atom is -0.325 e. The number of thioether (sulfide) groups is 1. The minimum atomic E-state index is -0.0333. The van der Waals surface area contributed by atoms with Gasteiger partial charge >= 0.3 is 0 Å². The Morgan fingerprint density at radius 3 is 2.88 bits per heavy atom. The van der Waals surface area contributed by atoms with Gasteiger partial charge in [0.2, 0.25) is 5.91 Å². The Hall–Kier alpha value is -1.40. The average molecular weight is 265 g/mol. The van der Waals surface area contributed by atoms with Crippen LogP contribution >= 0.6 is 23.1 Å². The first-order valence-corrected chi connectivity index (χ1v) is 6.85. The molecule has 1 N–H and O–H groups in total. The fourth-order valence-corrected chi connectivity index (χ4v) is 2.81. The average Bonchev–Trinajstić information content (AvgIpc) is 2.74. The third-order valence-electron chi connectivity index (χ3n) is 1.89. The number of carbonyl (C=O) groups is 1. The molecule has 0 unspecified atom stereocenters.